The molecule has 1 aromatic heterocycles. The van der Waals surface area contributed by atoms with Gasteiger partial charge in [-0.15, -0.1) is 0 Å². The van der Waals surface area contributed by atoms with Crippen LogP contribution in [0.1, 0.15) is 12.8 Å². The number of hydrogen-bond acceptors (Lipinski definition) is 5. The van der Waals surface area contributed by atoms with Crippen molar-refractivity contribution >= 4 is 37.2 Å². The summed E-state index contributed by atoms with van der Waals surface area (Å²) in [6.45, 7) is 1.99. The van der Waals surface area contributed by atoms with E-state index in [1.165, 1.54) is 0 Å². The maximum Gasteiger partial charge on any atom is 0.226 e. The minimum Gasteiger partial charge on any atom is -0.381 e. The first kappa shape index (κ1) is 18.1. The highest BCUT2D eigenvalue weighted by Gasteiger charge is 2.25. The van der Waals surface area contributed by atoms with E-state index in [2.05, 4.69) is 20.8 Å². The predicted octanol–water partition coefficient (Wildman–Crippen LogP) is 3.71. The van der Waals surface area contributed by atoms with Gasteiger partial charge in [-0.1, -0.05) is 36.4 Å². The molecule has 1 unspecified atom stereocenters. The smallest absolute Gasteiger partial charge is 0.226 e. The van der Waals surface area contributed by atoms with Crippen LogP contribution in [-0.2, 0) is 9.84 Å². The molecule has 2 heterocycles. The molecule has 1 fully saturated rings. The number of fused-ring (bicyclic) bond motifs is 2. The van der Waals surface area contributed by atoms with E-state index >= 15 is 0 Å². The Hall–Kier alpha value is -2.90. The first-order valence-electron chi connectivity index (χ1n) is 9.81. The van der Waals surface area contributed by atoms with Crippen molar-refractivity contribution in [2.24, 2.45) is 0 Å². The third kappa shape index (κ3) is 3.26. The van der Waals surface area contributed by atoms with Crippen LogP contribution >= 0.6 is 0 Å². The van der Waals surface area contributed by atoms with Gasteiger partial charge in [0.2, 0.25) is 9.84 Å². The number of anilines is 1. The van der Waals surface area contributed by atoms with Crippen LogP contribution in [0.25, 0.3) is 21.7 Å². The van der Waals surface area contributed by atoms with Gasteiger partial charge < -0.3 is 10.6 Å². The quantitative estimate of drug-likeness (QED) is 0.481. The van der Waals surface area contributed by atoms with E-state index < -0.39 is 9.84 Å². The Bertz CT molecular complexity index is 1290. The Morgan fingerprint density at radius 1 is 1.00 bits per heavy atom. The summed E-state index contributed by atoms with van der Waals surface area (Å²) in [5.74, 6) is 0. The highest BCUT2D eigenvalue weighted by Crippen LogP contribution is 2.32. The summed E-state index contributed by atoms with van der Waals surface area (Å²) >= 11 is 0. The average Bonchev–Trinajstić information content (AvgIpc) is 3.18. The van der Waals surface area contributed by atoms with Crippen molar-refractivity contribution in [3.63, 3.8) is 0 Å². The van der Waals surface area contributed by atoms with Crippen LogP contribution in [0.5, 0.6) is 0 Å². The molecule has 0 aliphatic carbocycles. The molecule has 1 atom stereocenters. The van der Waals surface area contributed by atoms with Gasteiger partial charge in [-0.3, -0.25) is 5.10 Å². The summed E-state index contributed by atoms with van der Waals surface area (Å²) < 4.78 is 26.8. The van der Waals surface area contributed by atoms with Crippen LogP contribution in [0.3, 0.4) is 0 Å². The lowest BCUT2D eigenvalue weighted by molar-refractivity contribution is 0.480. The normalized spacial score (nSPS) is 17.6. The van der Waals surface area contributed by atoms with Gasteiger partial charge in [0.1, 0.15) is 0 Å². The maximum absolute atomic E-state index is 13.4. The molecule has 3 N–H and O–H groups in total. The number of nitrogens with zero attached hydrogens (tertiary/aromatic N) is 1. The molecule has 3 aromatic carbocycles. The second-order valence-electron chi connectivity index (χ2n) is 7.46. The first-order valence-corrected chi connectivity index (χ1v) is 11.3. The molecule has 0 spiro atoms. The van der Waals surface area contributed by atoms with Crippen LogP contribution in [0, 0.1) is 0 Å². The maximum atomic E-state index is 13.4. The van der Waals surface area contributed by atoms with Gasteiger partial charge in [-0.2, -0.15) is 5.10 Å². The highest BCUT2D eigenvalue weighted by atomic mass is 32.2. The number of hydrogen-bond donors (Lipinski definition) is 3. The Morgan fingerprint density at radius 2 is 1.86 bits per heavy atom. The Labute approximate surface area is 169 Å². The second-order valence-corrected chi connectivity index (χ2v) is 9.29. The highest BCUT2D eigenvalue weighted by molar-refractivity contribution is 7.91. The van der Waals surface area contributed by atoms with Gasteiger partial charge in [0.05, 0.1) is 10.4 Å². The van der Waals surface area contributed by atoms with Crippen LogP contribution in [-0.4, -0.2) is 37.7 Å². The van der Waals surface area contributed by atoms with E-state index in [0.29, 0.717) is 22.3 Å². The van der Waals surface area contributed by atoms with E-state index in [1.54, 1.807) is 12.1 Å². The predicted molar refractivity (Wildman–Crippen MR) is 115 cm³/mol. The topological polar surface area (TPSA) is 86.9 Å². The summed E-state index contributed by atoms with van der Waals surface area (Å²) in [6, 6.07) is 18.9. The first-order chi connectivity index (χ1) is 14.1. The van der Waals surface area contributed by atoms with Crippen molar-refractivity contribution in [1.82, 2.24) is 15.5 Å². The van der Waals surface area contributed by atoms with E-state index in [9.17, 15) is 8.42 Å². The number of nitrogens with one attached hydrogen (secondary N) is 3. The van der Waals surface area contributed by atoms with Gasteiger partial charge >= 0.3 is 0 Å². The average molecular weight is 407 g/mol. The SMILES string of the molecule is O=S(=O)(c1cccc2ccccc12)c1n[nH]c2cc(NC3CCCNC3)ccc12. The molecule has 0 bridgehead atoms. The summed E-state index contributed by atoms with van der Waals surface area (Å²) in [7, 11) is -3.76. The fourth-order valence-corrected chi connectivity index (χ4v) is 5.61. The molecular formula is C22H22N4O2S. The molecule has 0 saturated carbocycles. The summed E-state index contributed by atoms with van der Waals surface area (Å²) in [5.41, 5.74) is 1.67. The molecule has 1 saturated heterocycles. The molecule has 29 heavy (non-hydrogen) atoms. The Balaban J connectivity index is 1.54. The largest absolute Gasteiger partial charge is 0.381 e. The lowest BCUT2D eigenvalue weighted by Crippen LogP contribution is -2.38. The second kappa shape index (κ2) is 7.17. The van der Waals surface area contributed by atoms with Crippen LogP contribution in [0.4, 0.5) is 5.69 Å². The number of piperidine rings is 1. The number of H-pyrrole nitrogens is 1. The number of benzene rings is 3. The fraction of sp³-hybridized carbons (Fsp3) is 0.227. The lowest BCUT2D eigenvalue weighted by Gasteiger charge is -2.24. The van der Waals surface area contributed by atoms with Crippen LogP contribution < -0.4 is 10.6 Å². The van der Waals surface area contributed by atoms with E-state index in [0.717, 1.165) is 37.0 Å². The molecule has 0 amide bonds. The summed E-state index contributed by atoms with van der Waals surface area (Å²) in [6.07, 6.45) is 2.27. The number of aromatic nitrogens is 2. The molecule has 5 rings (SSSR count). The standard InChI is InChI=1S/C22H22N4O2S/c27-29(28,21-9-3-6-15-5-1-2-8-18(15)21)22-19-11-10-16(13-20(19)25-26-22)24-17-7-4-12-23-14-17/h1-3,5-6,8-11,13,17,23-24H,4,7,12,14H2,(H,25,26). The molecule has 148 valence electrons. The molecule has 0 radical (unpaired) electrons. The number of sulfone groups is 1. The van der Waals surface area contributed by atoms with Gasteiger partial charge in [0, 0.05) is 29.0 Å². The fourth-order valence-electron chi connectivity index (χ4n) is 4.03. The van der Waals surface area contributed by atoms with Crippen LogP contribution in [0.2, 0.25) is 0 Å². The zero-order valence-corrected chi connectivity index (χ0v) is 16.7. The van der Waals surface area contributed by atoms with Crippen LogP contribution in [0.15, 0.2) is 70.6 Å². The van der Waals surface area contributed by atoms with Gasteiger partial charge in [-0.05, 0) is 49.0 Å². The number of aromatic amines is 1. The molecule has 6 nitrogen and oxygen atoms in total. The zero-order valence-electron chi connectivity index (χ0n) is 15.9. The third-order valence-electron chi connectivity index (χ3n) is 5.49. The lowest BCUT2D eigenvalue weighted by atomic mass is 10.1. The van der Waals surface area contributed by atoms with Crippen molar-refractivity contribution in [2.75, 3.05) is 18.4 Å². The van der Waals surface area contributed by atoms with Crippen molar-refractivity contribution < 1.29 is 8.42 Å². The molecule has 7 heteroatoms. The minimum absolute atomic E-state index is 0.0646. The molecular weight excluding hydrogens is 384 g/mol. The van der Waals surface area contributed by atoms with Gasteiger partial charge in [-0.25, -0.2) is 8.42 Å². The Morgan fingerprint density at radius 3 is 2.72 bits per heavy atom. The zero-order chi connectivity index (χ0) is 19.8. The molecule has 1 aliphatic heterocycles. The van der Waals surface area contributed by atoms with Gasteiger partial charge in [0.25, 0.3) is 0 Å². The van der Waals surface area contributed by atoms with Crippen molar-refractivity contribution in [1.29, 1.82) is 0 Å². The minimum atomic E-state index is -3.76. The van der Waals surface area contributed by atoms with Crippen molar-refractivity contribution in [3.8, 4) is 0 Å². The van der Waals surface area contributed by atoms with E-state index in [-0.39, 0.29) is 9.92 Å². The summed E-state index contributed by atoms with van der Waals surface area (Å²) in [4.78, 5) is 0.277. The monoisotopic (exact) mass is 406 g/mol. The Kier molecular flexibility index (Phi) is 4.49. The van der Waals surface area contributed by atoms with Crippen molar-refractivity contribution in [3.05, 3.63) is 60.7 Å². The molecule has 4 aromatic rings. The van der Waals surface area contributed by atoms with Gasteiger partial charge in [0.15, 0.2) is 5.03 Å². The van der Waals surface area contributed by atoms with Crippen molar-refractivity contribution in [2.45, 2.75) is 28.8 Å². The third-order valence-corrected chi connectivity index (χ3v) is 7.24. The number of rotatable bonds is 4. The van der Waals surface area contributed by atoms with E-state index in [1.807, 2.05) is 48.5 Å². The molecule has 1 aliphatic rings. The van der Waals surface area contributed by atoms with E-state index in [4.69, 9.17) is 0 Å². The summed E-state index contributed by atoms with van der Waals surface area (Å²) in [5, 5.41) is 16.3.